The number of rotatable bonds is 6. The van der Waals surface area contributed by atoms with Crippen molar-refractivity contribution in [2.24, 2.45) is 0 Å². The fourth-order valence-electron chi connectivity index (χ4n) is 0.889. The molecular formula is C8H16BrNO. The Bertz CT molecular complexity index is 113. The second-order valence-electron chi connectivity index (χ2n) is 2.45. The summed E-state index contributed by atoms with van der Waals surface area (Å²) in [6.45, 7) is 7.19. The Labute approximate surface area is 77.1 Å². The van der Waals surface area contributed by atoms with Crippen LogP contribution in [0.1, 0.15) is 20.3 Å². The van der Waals surface area contributed by atoms with Crippen molar-refractivity contribution in [3.8, 4) is 0 Å². The quantitative estimate of drug-likeness (QED) is 0.637. The minimum Gasteiger partial charge on any atom is -0.303 e. The van der Waals surface area contributed by atoms with Crippen LogP contribution in [0.4, 0.5) is 0 Å². The van der Waals surface area contributed by atoms with E-state index in [9.17, 15) is 4.79 Å². The lowest BCUT2D eigenvalue weighted by atomic mass is 10.3. The summed E-state index contributed by atoms with van der Waals surface area (Å²) in [5.74, 6) is 0.289. The highest BCUT2D eigenvalue weighted by atomic mass is 79.9. The molecule has 0 heterocycles. The lowest BCUT2D eigenvalue weighted by Gasteiger charge is -2.16. The molecule has 0 aliphatic carbocycles. The summed E-state index contributed by atoms with van der Waals surface area (Å²) in [5, 5.41) is 0.494. The molecule has 0 aromatic heterocycles. The van der Waals surface area contributed by atoms with Gasteiger partial charge in [-0.05, 0) is 13.1 Å². The number of Topliss-reactive ketones (excluding diaryl/α,β-unsaturated/α-hetero) is 1. The third kappa shape index (κ3) is 5.39. The SMILES string of the molecule is CCN(CC)CCC(=O)CBr. The first-order chi connectivity index (χ1) is 5.24. The zero-order valence-electron chi connectivity index (χ0n) is 7.27. The maximum absolute atomic E-state index is 10.9. The van der Waals surface area contributed by atoms with Crippen molar-refractivity contribution in [3.05, 3.63) is 0 Å². The third-order valence-electron chi connectivity index (χ3n) is 1.75. The third-order valence-corrected chi connectivity index (χ3v) is 2.38. The van der Waals surface area contributed by atoms with Crippen LogP contribution in [0, 0.1) is 0 Å². The van der Waals surface area contributed by atoms with E-state index < -0.39 is 0 Å². The molecule has 0 radical (unpaired) electrons. The van der Waals surface area contributed by atoms with Crippen molar-refractivity contribution in [2.75, 3.05) is 25.0 Å². The van der Waals surface area contributed by atoms with Crippen molar-refractivity contribution >= 4 is 21.7 Å². The van der Waals surface area contributed by atoms with Crippen LogP contribution in [-0.2, 0) is 4.79 Å². The predicted molar refractivity (Wildman–Crippen MR) is 51.2 cm³/mol. The fourth-order valence-corrected chi connectivity index (χ4v) is 1.17. The number of carbonyl (C=O) groups is 1. The van der Waals surface area contributed by atoms with Gasteiger partial charge < -0.3 is 4.90 Å². The van der Waals surface area contributed by atoms with Gasteiger partial charge in [0.15, 0.2) is 0 Å². The van der Waals surface area contributed by atoms with E-state index >= 15 is 0 Å². The molecular weight excluding hydrogens is 206 g/mol. The van der Waals surface area contributed by atoms with Gasteiger partial charge >= 0.3 is 0 Å². The summed E-state index contributed by atoms with van der Waals surface area (Å²) in [6, 6.07) is 0. The van der Waals surface area contributed by atoms with Gasteiger partial charge in [-0.3, -0.25) is 4.79 Å². The first kappa shape index (κ1) is 11.1. The number of nitrogens with zero attached hydrogens (tertiary/aromatic N) is 1. The smallest absolute Gasteiger partial charge is 0.144 e. The Kier molecular flexibility index (Phi) is 6.87. The predicted octanol–water partition coefficient (Wildman–Crippen LogP) is 1.68. The Balaban J connectivity index is 3.42. The molecule has 0 N–H and O–H groups in total. The van der Waals surface area contributed by atoms with Gasteiger partial charge in [-0.1, -0.05) is 29.8 Å². The molecule has 0 fully saturated rings. The van der Waals surface area contributed by atoms with Gasteiger partial charge in [-0.25, -0.2) is 0 Å². The molecule has 11 heavy (non-hydrogen) atoms. The molecule has 0 aliphatic rings. The monoisotopic (exact) mass is 221 g/mol. The van der Waals surface area contributed by atoms with Crippen molar-refractivity contribution in [3.63, 3.8) is 0 Å². The summed E-state index contributed by atoms with van der Waals surface area (Å²) < 4.78 is 0. The second kappa shape index (κ2) is 6.80. The summed E-state index contributed by atoms with van der Waals surface area (Å²) in [6.07, 6.45) is 0.674. The number of alkyl halides is 1. The van der Waals surface area contributed by atoms with Crippen LogP contribution < -0.4 is 0 Å². The number of carbonyl (C=O) groups excluding carboxylic acids is 1. The Morgan fingerprint density at radius 2 is 1.91 bits per heavy atom. The Morgan fingerprint density at radius 1 is 1.36 bits per heavy atom. The molecule has 0 aromatic rings. The maximum atomic E-state index is 10.9. The lowest BCUT2D eigenvalue weighted by Crippen LogP contribution is -2.25. The van der Waals surface area contributed by atoms with Gasteiger partial charge in [0, 0.05) is 13.0 Å². The van der Waals surface area contributed by atoms with Crippen LogP contribution >= 0.6 is 15.9 Å². The highest BCUT2D eigenvalue weighted by molar-refractivity contribution is 9.09. The normalized spacial score (nSPS) is 10.5. The van der Waals surface area contributed by atoms with Crippen LogP contribution in [0.3, 0.4) is 0 Å². The van der Waals surface area contributed by atoms with E-state index in [1.807, 2.05) is 0 Å². The van der Waals surface area contributed by atoms with Gasteiger partial charge in [-0.15, -0.1) is 0 Å². The molecule has 0 saturated heterocycles. The minimum absolute atomic E-state index is 0.289. The molecule has 0 amide bonds. The lowest BCUT2D eigenvalue weighted by molar-refractivity contribution is -0.116. The Hall–Kier alpha value is 0.110. The summed E-state index contributed by atoms with van der Waals surface area (Å²) in [4.78, 5) is 13.1. The minimum atomic E-state index is 0.289. The molecule has 0 rings (SSSR count). The van der Waals surface area contributed by atoms with Gasteiger partial charge in [0.1, 0.15) is 5.78 Å². The van der Waals surface area contributed by atoms with Gasteiger partial charge in [0.25, 0.3) is 0 Å². The molecule has 0 saturated carbocycles. The molecule has 2 nitrogen and oxygen atoms in total. The largest absolute Gasteiger partial charge is 0.303 e. The van der Waals surface area contributed by atoms with Crippen molar-refractivity contribution in [1.29, 1.82) is 0 Å². The fraction of sp³-hybridized carbons (Fsp3) is 0.875. The van der Waals surface area contributed by atoms with E-state index in [-0.39, 0.29) is 5.78 Å². The highest BCUT2D eigenvalue weighted by Crippen LogP contribution is 1.93. The molecule has 3 heteroatoms. The molecule has 0 spiro atoms. The standard InChI is InChI=1S/C8H16BrNO/c1-3-10(4-2)6-5-8(11)7-9/h3-7H2,1-2H3. The van der Waals surface area contributed by atoms with E-state index in [2.05, 4.69) is 34.7 Å². The van der Waals surface area contributed by atoms with Crippen LogP contribution in [0.2, 0.25) is 0 Å². The molecule has 0 aliphatic heterocycles. The van der Waals surface area contributed by atoms with E-state index in [4.69, 9.17) is 0 Å². The van der Waals surface area contributed by atoms with Crippen LogP contribution in [0.5, 0.6) is 0 Å². The van der Waals surface area contributed by atoms with Crippen LogP contribution in [-0.4, -0.2) is 35.6 Å². The zero-order valence-corrected chi connectivity index (χ0v) is 8.85. The average Bonchev–Trinajstić information content (AvgIpc) is 2.06. The molecule has 0 atom stereocenters. The first-order valence-corrected chi connectivity index (χ1v) is 5.16. The summed E-state index contributed by atoms with van der Waals surface area (Å²) in [5.41, 5.74) is 0. The molecule has 0 bridgehead atoms. The summed E-state index contributed by atoms with van der Waals surface area (Å²) >= 11 is 3.14. The molecule has 66 valence electrons. The van der Waals surface area contributed by atoms with E-state index in [1.165, 1.54) is 0 Å². The molecule has 0 aromatic carbocycles. The van der Waals surface area contributed by atoms with Gasteiger partial charge in [0.05, 0.1) is 5.33 Å². The van der Waals surface area contributed by atoms with Crippen LogP contribution in [0.15, 0.2) is 0 Å². The van der Waals surface area contributed by atoms with E-state index in [1.54, 1.807) is 0 Å². The van der Waals surface area contributed by atoms with Crippen LogP contribution in [0.25, 0.3) is 0 Å². The molecule has 0 unspecified atom stereocenters. The average molecular weight is 222 g/mol. The van der Waals surface area contributed by atoms with E-state index in [0.29, 0.717) is 11.8 Å². The number of hydrogen-bond acceptors (Lipinski definition) is 2. The van der Waals surface area contributed by atoms with Crippen molar-refractivity contribution in [1.82, 2.24) is 4.90 Å². The van der Waals surface area contributed by atoms with Gasteiger partial charge in [0.2, 0.25) is 0 Å². The first-order valence-electron chi connectivity index (χ1n) is 4.04. The van der Waals surface area contributed by atoms with Crippen molar-refractivity contribution < 1.29 is 4.79 Å². The highest BCUT2D eigenvalue weighted by Gasteiger charge is 2.02. The topological polar surface area (TPSA) is 20.3 Å². The van der Waals surface area contributed by atoms with Crippen molar-refractivity contribution in [2.45, 2.75) is 20.3 Å². The zero-order chi connectivity index (χ0) is 8.69. The second-order valence-corrected chi connectivity index (χ2v) is 3.01. The number of hydrogen-bond donors (Lipinski definition) is 0. The Morgan fingerprint density at radius 3 is 2.27 bits per heavy atom. The summed E-state index contributed by atoms with van der Waals surface area (Å²) in [7, 11) is 0. The van der Waals surface area contributed by atoms with E-state index in [0.717, 1.165) is 19.6 Å². The number of halogens is 1. The van der Waals surface area contributed by atoms with Gasteiger partial charge in [-0.2, -0.15) is 0 Å². The maximum Gasteiger partial charge on any atom is 0.144 e. The number of ketones is 1.